The first kappa shape index (κ1) is 15.4. The molecule has 0 bridgehead atoms. The van der Waals surface area contributed by atoms with Crippen molar-refractivity contribution in [2.75, 3.05) is 19.0 Å². The standard InChI is InChI=1S/C17H25NO/c1-14(2)7-5-8-15(3)11-12-18-16-9-6-10-17(13-16)19-4/h6-7,9-11,13,18H,5,8,12H2,1-4H3/b15-11+. The Morgan fingerprint density at radius 2 is 2.00 bits per heavy atom. The molecule has 1 aromatic rings. The van der Waals surface area contributed by atoms with E-state index in [1.54, 1.807) is 7.11 Å². The maximum Gasteiger partial charge on any atom is 0.120 e. The summed E-state index contributed by atoms with van der Waals surface area (Å²) in [5.41, 5.74) is 3.91. The summed E-state index contributed by atoms with van der Waals surface area (Å²) >= 11 is 0. The minimum absolute atomic E-state index is 0.855. The van der Waals surface area contributed by atoms with E-state index in [2.05, 4.69) is 44.3 Å². The maximum atomic E-state index is 5.20. The van der Waals surface area contributed by atoms with Crippen LogP contribution in [0, 0.1) is 0 Å². The molecule has 0 fully saturated rings. The van der Waals surface area contributed by atoms with Gasteiger partial charge in [0.2, 0.25) is 0 Å². The van der Waals surface area contributed by atoms with Gasteiger partial charge in [-0.25, -0.2) is 0 Å². The Morgan fingerprint density at radius 3 is 2.68 bits per heavy atom. The minimum Gasteiger partial charge on any atom is -0.497 e. The van der Waals surface area contributed by atoms with Crippen molar-refractivity contribution in [3.63, 3.8) is 0 Å². The second kappa shape index (κ2) is 8.41. The van der Waals surface area contributed by atoms with Gasteiger partial charge in [-0.2, -0.15) is 0 Å². The Morgan fingerprint density at radius 1 is 1.21 bits per heavy atom. The van der Waals surface area contributed by atoms with Gasteiger partial charge in [0.25, 0.3) is 0 Å². The zero-order valence-electron chi connectivity index (χ0n) is 12.5. The van der Waals surface area contributed by atoms with Gasteiger partial charge in [-0.1, -0.05) is 29.4 Å². The number of anilines is 1. The smallest absolute Gasteiger partial charge is 0.120 e. The number of hydrogen-bond acceptors (Lipinski definition) is 2. The largest absolute Gasteiger partial charge is 0.497 e. The molecule has 0 unspecified atom stereocenters. The normalized spacial score (nSPS) is 11.1. The molecule has 104 valence electrons. The molecule has 2 heteroatoms. The Hall–Kier alpha value is -1.70. The van der Waals surface area contributed by atoms with Crippen molar-refractivity contribution < 1.29 is 4.74 Å². The van der Waals surface area contributed by atoms with E-state index in [0.29, 0.717) is 0 Å². The lowest BCUT2D eigenvalue weighted by atomic mass is 10.1. The Kier molecular flexibility index (Phi) is 6.80. The van der Waals surface area contributed by atoms with Crippen LogP contribution in [0.3, 0.4) is 0 Å². The van der Waals surface area contributed by atoms with Crippen LogP contribution in [-0.2, 0) is 0 Å². The summed E-state index contributed by atoms with van der Waals surface area (Å²) in [5, 5.41) is 3.38. The number of benzene rings is 1. The summed E-state index contributed by atoms with van der Waals surface area (Å²) in [7, 11) is 1.69. The van der Waals surface area contributed by atoms with Crippen molar-refractivity contribution in [3.05, 3.63) is 47.6 Å². The quantitative estimate of drug-likeness (QED) is 0.710. The monoisotopic (exact) mass is 259 g/mol. The average Bonchev–Trinajstić information content (AvgIpc) is 2.38. The zero-order chi connectivity index (χ0) is 14.1. The van der Waals surface area contributed by atoms with E-state index in [1.807, 2.05) is 18.2 Å². The van der Waals surface area contributed by atoms with Gasteiger partial charge in [0.1, 0.15) is 5.75 Å². The van der Waals surface area contributed by atoms with Gasteiger partial charge in [0, 0.05) is 18.3 Å². The molecular formula is C17H25NO. The van der Waals surface area contributed by atoms with E-state index in [-0.39, 0.29) is 0 Å². The van der Waals surface area contributed by atoms with Gasteiger partial charge in [-0.3, -0.25) is 0 Å². The highest BCUT2D eigenvalue weighted by Gasteiger charge is 1.94. The lowest BCUT2D eigenvalue weighted by Crippen LogP contribution is -1.99. The van der Waals surface area contributed by atoms with Crippen LogP contribution in [0.1, 0.15) is 33.6 Å². The molecule has 0 aliphatic heterocycles. The van der Waals surface area contributed by atoms with Crippen LogP contribution in [0.25, 0.3) is 0 Å². The molecule has 0 heterocycles. The van der Waals surface area contributed by atoms with Crippen LogP contribution in [0.15, 0.2) is 47.6 Å². The lowest BCUT2D eigenvalue weighted by molar-refractivity contribution is 0.415. The number of hydrogen-bond donors (Lipinski definition) is 1. The van der Waals surface area contributed by atoms with Crippen molar-refractivity contribution in [2.45, 2.75) is 33.6 Å². The first-order valence-electron chi connectivity index (χ1n) is 6.78. The molecule has 1 N–H and O–H groups in total. The van der Waals surface area contributed by atoms with Crippen LogP contribution in [0.5, 0.6) is 5.75 Å². The van der Waals surface area contributed by atoms with Crippen molar-refractivity contribution in [2.24, 2.45) is 0 Å². The third-order valence-corrected chi connectivity index (χ3v) is 2.92. The molecule has 0 radical (unpaired) electrons. The van der Waals surface area contributed by atoms with Crippen molar-refractivity contribution in [1.82, 2.24) is 0 Å². The topological polar surface area (TPSA) is 21.3 Å². The molecule has 2 nitrogen and oxygen atoms in total. The maximum absolute atomic E-state index is 5.20. The summed E-state index contributed by atoms with van der Waals surface area (Å²) < 4.78 is 5.20. The number of nitrogens with one attached hydrogen (secondary N) is 1. The molecule has 0 amide bonds. The highest BCUT2D eigenvalue weighted by Crippen LogP contribution is 2.16. The van der Waals surface area contributed by atoms with Crippen molar-refractivity contribution in [1.29, 1.82) is 0 Å². The number of allylic oxidation sites excluding steroid dienone is 3. The second-order valence-corrected chi connectivity index (χ2v) is 4.98. The molecule has 0 atom stereocenters. The van der Waals surface area contributed by atoms with Gasteiger partial charge in [0.15, 0.2) is 0 Å². The fraction of sp³-hybridized carbons (Fsp3) is 0.412. The summed E-state index contributed by atoms with van der Waals surface area (Å²) in [4.78, 5) is 0. The summed E-state index contributed by atoms with van der Waals surface area (Å²) in [5.74, 6) is 0.884. The molecule has 0 aromatic heterocycles. The SMILES string of the molecule is COc1cccc(NC/C=C(\C)CCC=C(C)C)c1. The molecule has 19 heavy (non-hydrogen) atoms. The molecule has 1 rings (SSSR count). The third-order valence-electron chi connectivity index (χ3n) is 2.92. The van der Waals surface area contributed by atoms with Crippen LogP contribution in [-0.4, -0.2) is 13.7 Å². The van der Waals surface area contributed by atoms with Crippen LogP contribution in [0.2, 0.25) is 0 Å². The average molecular weight is 259 g/mol. The van der Waals surface area contributed by atoms with E-state index >= 15 is 0 Å². The second-order valence-electron chi connectivity index (χ2n) is 4.98. The van der Waals surface area contributed by atoms with Gasteiger partial charge >= 0.3 is 0 Å². The highest BCUT2D eigenvalue weighted by molar-refractivity contribution is 5.48. The lowest BCUT2D eigenvalue weighted by Gasteiger charge is -2.06. The fourth-order valence-corrected chi connectivity index (χ4v) is 1.77. The number of ether oxygens (including phenoxy) is 1. The third kappa shape index (κ3) is 6.70. The summed E-state index contributed by atoms with van der Waals surface area (Å²) in [6.45, 7) is 7.33. The van der Waals surface area contributed by atoms with Gasteiger partial charge in [-0.15, -0.1) is 0 Å². The van der Waals surface area contributed by atoms with E-state index < -0.39 is 0 Å². The Balaban J connectivity index is 2.37. The summed E-state index contributed by atoms with van der Waals surface area (Å²) in [6.07, 6.45) is 6.79. The molecule has 0 spiro atoms. The van der Waals surface area contributed by atoms with Crippen LogP contribution in [0.4, 0.5) is 5.69 Å². The van der Waals surface area contributed by atoms with Crippen molar-refractivity contribution >= 4 is 5.69 Å². The zero-order valence-corrected chi connectivity index (χ0v) is 12.5. The van der Waals surface area contributed by atoms with Gasteiger partial charge < -0.3 is 10.1 Å². The van der Waals surface area contributed by atoms with Crippen molar-refractivity contribution in [3.8, 4) is 5.75 Å². The molecule has 0 saturated carbocycles. The predicted molar refractivity (Wildman–Crippen MR) is 83.9 cm³/mol. The molecular weight excluding hydrogens is 234 g/mol. The molecule has 0 aliphatic rings. The van der Waals surface area contributed by atoms with E-state index in [4.69, 9.17) is 4.74 Å². The van der Waals surface area contributed by atoms with Gasteiger partial charge in [-0.05, 0) is 45.7 Å². The highest BCUT2D eigenvalue weighted by atomic mass is 16.5. The molecule has 0 aliphatic carbocycles. The van der Waals surface area contributed by atoms with Crippen LogP contribution >= 0.6 is 0 Å². The van der Waals surface area contributed by atoms with E-state index in [0.717, 1.165) is 30.8 Å². The Bertz CT molecular complexity index is 442. The van der Waals surface area contributed by atoms with E-state index in [1.165, 1.54) is 11.1 Å². The Labute approximate surface area is 117 Å². The number of rotatable bonds is 7. The van der Waals surface area contributed by atoms with E-state index in [9.17, 15) is 0 Å². The summed E-state index contributed by atoms with van der Waals surface area (Å²) in [6, 6.07) is 8.00. The predicted octanol–water partition coefficient (Wildman–Crippen LogP) is 4.80. The minimum atomic E-state index is 0.855. The first-order valence-corrected chi connectivity index (χ1v) is 6.78. The fourth-order valence-electron chi connectivity index (χ4n) is 1.77. The van der Waals surface area contributed by atoms with Crippen LogP contribution < -0.4 is 10.1 Å². The molecule has 0 saturated heterocycles. The number of methoxy groups -OCH3 is 1. The molecule has 1 aromatic carbocycles. The van der Waals surface area contributed by atoms with Gasteiger partial charge in [0.05, 0.1) is 7.11 Å². The first-order chi connectivity index (χ1) is 9.11.